The highest BCUT2D eigenvalue weighted by atomic mass is 35.5. The number of aromatic nitrogens is 2. The summed E-state index contributed by atoms with van der Waals surface area (Å²) in [6, 6.07) is 6.55. The number of nitrogens with zero attached hydrogens (tertiary/aromatic N) is 2. The Balaban J connectivity index is 2.12. The molecule has 18 heavy (non-hydrogen) atoms. The lowest BCUT2D eigenvalue weighted by Gasteiger charge is -2.25. The van der Waals surface area contributed by atoms with Crippen molar-refractivity contribution in [3.8, 4) is 0 Å². The van der Waals surface area contributed by atoms with Crippen LogP contribution in [0.15, 0.2) is 23.4 Å². The second kappa shape index (κ2) is 5.11. The molecule has 1 saturated heterocycles. The molecular formula is C13H16ClN3S. The smallest absolute Gasteiger partial charge is 0.169 e. The minimum atomic E-state index is 0.555. The van der Waals surface area contributed by atoms with Crippen LogP contribution >= 0.6 is 23.4 Å². The van der Waals surface area contributed by atoms with E-state index >= 15 is 0 Å². The predicted molar refractivity (Wildman–Crippen MR) is 77.7 cm³/mol. The van der Waals surface area contributed by atoms with Crippen molar-refractivity contribution in [2.75, 3.05) is 19.3 Å². The molecule has 2 heterocycles. The molecule has 2 aromatic rings. The quantitative estimate of drug-likeness (QED) is 0.857. The second-order valence-electron chi connectivity index (χ2n) is 4.58. The zero-order valence-corrected chi connectivity index (χ0v) is 11.9. The molecule has 1 aliphatic rings. The van der Waals surface area contributed by atoms with Gasteiger partial charge in [-0.2, -0.15) is 0 Å². The number of halogens is 1. The van der Waals surface area contributed by atoms with Crippen molar-refractivity contribution < 1.29 is 0 Å². The zero-order chi connectivity index (χ0) is 12.5. The Morgan fingerprint density at radius 3 is 2.89 bits per heavy atom. The van der Waals surface area contributed by atoms with Crippen LogP contribution < -0.4 is 5.32 Å². The van der Waals surface area contributed by atoms with Crippen LogP contribution in [-0.2, 0) is 0 Å². The molecule has 3 rings (SSSR count). The second-order valence-corrected chi connectivity index (χ2v) is 5.79. The van der Waals surface area contributed by atoms with E-state index < -0.39 is 0 Å². The Bertz CT molecular complexity index is 561. The highest BCUT2D eigenvalue weighted by molar-refractivity contribution is 7.98. The van der Waals surface area contributed by atoms with Crippen LogP contribution in [-0.4, -0.2) is 28.9 Å². The number of benzene rings is 1. The number of hydrogen-bond acceptors (Lipinski definition) is 3. The van der Waals surface area contributed by atoms with E-state index in [1.165, 1.54) is 18.4 Å². The van der Waals surface area contributed by atoms with Crippen LogP contribution in [0.4, 0.5) is 0 Å². The van der Waals surface area contributed by atoms with Gasteiger partial charge in [-0.15, -0.1) is 0 Å². The number of rotatable bonds is 2. The van der Waals surface area contributed by atoms with Crippen molar-refractivity contribution in [3.05, 3.63) is 23.2 Å². The van der Waals surface area contributed by atoms with Crippen molar-refractivity contribution in [3.63, 3.8) is 0 Å². The molecule has 0 spiro atoms. The van der Waals surface area contributed by atoms with Gasteiger partial charge >= 0.3 is 0 Å². The highest BCUT2D eigenvalue weighted by Gasteiger charge is 2.20. The van der Waals surface area contributed by atoms with E-state index in [1.54, 1.807) is 11.8 Å². The topological polar surface area (TPSA) is 29.9 Å². The Labute approximate surface area is 116 Å². The van der Waals surface area contributed by atoms with Crippen LogP contribution in [0.3, 0.4) is 0 Å². The molecule has 0 atom stereocenters. The summed E-state index contributed by atoms with van der Waals surface area (Å²) >= 11 is 7.75. The van der Waals surface area contributed by atoms with E-state index in [1.807, 2.05) is 12.1 Å². The summed E-state index contributed by atoms with van der Waals surface area (Å²) in [6.07, 6.45) is 4.42. The van der Waals surface area contributed by atoms with Gasteiger partial charge in [-0.3, -0.25) is 0 Å². The summed E-state index contributed by atoms with van der Waals surface area (Å²) in [7, 11) is 0. The minimum absolute atomic E-state index is 0.555. The molecule has 5 heteroatoms. The van der Waals surface area contributed by atoms with Gasteiger partial charge in [0.1, 0.15) is 0 Å². The van der Waals surface area contributed by atoms with Gasteiger partial charge in [-0.1, -0.05) is 23.4 Å². The molecule has 0 bridgehead atoms. The third-order valence-electron chi connectivity index (χ3n) is 3.48. The molecule has 0 radical (unpaired) electrons. The lowest BCUT2D eigenvalue weighted by Crippen LogP contribution is -2.29. The average molecular weight is 282 g/mol. The summed E-state index contributed by atoms with van der Waals surface area (Å²) in [4.78, 5) is 4.69. The number of hydrogen-bond donors (Lipinski definition) is 1. The van der Waals surface area contributed by atoms with Crippen molar-refractivity contribution in [2.24, 2.45) is 0 Å². The molecule has 0 saturated carbocycles. The molecular weight excluding hydrogens is 266 g/mol. The molecule has 0 amide bonds. The number of nitrogens with one attached hydrogen (secondary N) is 1. The third-order valence-corrected chi connectivity index (χ3v) is 4.36. The maximum Gasteiger partial charge on any atom is 0.169 e. The van der Waals surface area contributed by atoms with Gasteiger partial charge in [0.25, 0.3) is 0 Å². The average Bonchev–Trinajstić information content (AvgIpc) is 2.77. The monoisotopic (exact) mass is 281 g/mol. The molecule has 0 aliphatic carbocycles. The summed E-state index contributed by atoms with van der Waals surface area (Å²) in [5.41, 5.74) is 2.21. The molecule has 0 unspecified atom stereocenters. The molecule has 96 valence electrons. The summed E-state index contributed by atoms with van der Waals surface area (Å²) in [5.74, 6) is 0. The lowest BCUT2D eigenvalue weighted by atomic mass is 10.1. The van der Waals surface area contributed by atoms with Gasteiger partial charge in [0.2, 0.25) is 0 Å². The van der Waals surface area contributed by atoms with Crippen LogP contribution in [0, 0.1) is 0 Å². The van der Waals surface area contributed by atoms with E-state index in [0.717, 1.165) is 28.8 Å². The first-order valence-corrected chi connectivity index (χ1v) is 7.82. The minimum Gasteiger partial charge on any atom is -0.317 e. The van der Waals surface area contributed by atoms with Gasteiger partial charge in [0.15, 0.2) is 5.16 Å². The van der Waals surface area contributed by atoms with E-state index in [9.17, 15) is 0 Å². The van der Waals surface area contributed by atoms with Crippen molar-refractivity contribution in [2.45, 2.75) is 24.0 Å². The maximum absolute atomic E-state index is 6.04. The molecule has 1 N–H and O–H groups in total. The van der Waals surface area contributed by atoms with Crippen molar-refractivity contribution in [1.82, 2.24) is 14.9 Å². The van der Waals surface area contributed by atoms with E-state index in [0.29, 0.717) is 6.04 Å². The SMILES string of the molecule is CSc1nc2cc(Cl)ccc2n1C1CCNCC1. The number of imidazole rings is 1. The van der Waals surface area contributed by atoms with E-state index in [4.69, 9.17) is 11.6 Å². The Morgan fingerprint density at radius 2 is 2.17 bits per heavy atom. The number of piperidine rings is 1. The molecule has 1 aromatic carbocycles. The van der Waals surface area contributed by atoms with Crippen LogP contribution in [0.25, 0.3) is 11.0 Å². The Morgan fingerprint density at radius 1 is 1.39 bits per heavy atom. The van der Waals surface area contributed by atoms with Crippen molar-refractivity contribution >= 4 is 34.4 Å². The number of fused-ring (bicyclic) bond motifs is 1. The van der Waals surface area contributed by atoms with Gasteiger partial charge < -0.3 is 9.88 Å². The Hall–Kier alpha value is -0.710. The van der Waals surface area contributed by atoms with E-state index in [-0.39, 0.29) is 0 Å². The molecule has 1 aromatic heterocycles. The summed E-state index contributed by atoms with van der Waals surface area (Å²) < 4.78 is 2.39. The normalized spacial score (nSPS) is 17.4. The lowest BCUT2D eigenvalue weighted by molar-refractivity contribution is 0.358. The maximum atomic E-state index is 6.04. The largest absolute Gasteiger partial charge is 0.317 e. The van der Waals surface area contributed by atoms with E-state index in [2.05, 4.69) is 27.2 Å². The van der Waals surface area contributed by atoms with Crippen LogP contribution in [0.1, 0.15) is 18.9 Å². The highest BCUT2D eigenvalue weighted by Crippen LogP contribution is 2.31. The first-order chi connectivity index (χ1) is 8.79. The fraction of sp³-hybridized carbons (Fsp3) is 0.462. The van der Waals surface area contributed by atoms with Gasteiger partial charge in [-0.25, -0.2) is 4.98 Å². The first kappa shape index (κ1) is 12.3. The first-order valence-electron chi connectivity index (χ1n) is 6.22. The number of thioether (sulfide) groups is 1. The molecule has 1 aliphatic heterocycles. The third kappa shape index (κ3) is 2.13. The standard InChI is InChI=1S/C13H16ClN3S/c1-18-13-16-11-8-9(14)2-3-12(11)17(13)10-4-6-15-7-5-10/h2-3,8,10,15H,4-7H2,1H3. The van der Waals surface area contributed by atoms with Crippen LogP contribution in [0.2, 0.25) is 5.02 Å². The van der Waals surface area contributed by atoms with Gasteiger partial charge in [-0.05, 0) is 50.4 Å². The summed E-state index contributed by atoms with van der Waals surface area (Å²) in [5, 5.41) is 5.26. The fourth-order valence-electron chi connectivity index (χ4n) is 2.61. The summed E-state index contributed by atoms with van der Waals surface area (Å²) in [6.45, 7) is 2.18. The van der Waals surface area contributed by atoms with Crippen LogP contribution in [0.5, 0.6) is 0 Å². The fourth-order valence-corrected chi connectivity index (χ4v) is 3.41. The van der Waals surface area contributed by atoms with Gasteiger partial charge in [0, 0.05) is 11.1 Å². The molecule has 3 nitrogen and oxygen atoms in total. The van der Waals surface area contributed by atoms with Crippen molar-refractivity contribution in [1.29, 1.82) is 0 Å². The van der Waals surface area contributed by atoms with Gasteiger partial charge in [0.05, 0.1) is 11.0 Å². The predicted octanol–water partition coefficient (Wildman–Crippen LogP) is 3.34. The molecule has 1 fully saturated rings. The Kier molecular flexibility index (Phi) is 3.50. The zero-order valence-electron chi connectivity index (χ0n) is 10.3.